The lowest BCUT2D eigenvalue weighted by Crippen LogP contribution is -2.05. The fourth-order valence-electron chi connectivity index (χ4n) is 1.17. The second-order valence-corrected chi connectivity index (χ2v) is 2.87. The van der Waals surface area contributed by atoms with Crippen molar-refractivity contribution in [1.82, 2.24) is 0 Å². The summed E-state index contributed by atoms with van der Waals surface area (Å²) in [6.07, 6.45) is 0. The van der Waals surface area contributed by atoms with Crippen LogP contribution in [0.15, 0.2) is 23.3 Å². The molecule has 7 heteroatoms. The molecule has 0 fully saturated rings. The molecule has 0 atom stereocenters. The molecule has 2 N–H and O–H groups in total. The monoisotopic (exact) mass is 221 g/mol. The topological polar surface area (TPSA) is 123 Å². The van der Waals surface area contributed by atoms with Crippen LogP contribution in [0.3, 0.4) is 0 Å². The normalized spacial score (nSPS) is 9.25. The number of hydrogen-bond acceptors (Lipinski definition) is 3. The lowest BCUT2D eigenvalue weighted by atomic mass is 10.0. The van der Waals surface area contributed by atoms with Gasteiger partial charge < -0.3 is 10.2 Å². The Morgan fingerprint density at radius 2 is 2.00 bits per heavy atom. The van der Waals surface area contributed by atoms with Gasteiger partial charge in [-0.1, -0.05) is 5.11 Å². The number of carboxylic acid groups (broad SMARTS) is 2. The first-order valence-corrected chi connectivity index (χ1v) is 4.16. The molecule has 0 saturated heterocycles. The highest BCUT2D eigenvalue weighted by molar-refractivity contribution is 5.93. The van der Waals surface area contributed by atoms with Crippen molar-refractivity contribution in [3.8, 4) is 0 Å². The van der Waals surface area contributed by atoms with Gasteiger partial charge in [0.15, 0.2) is 0 Å². The molecule has 0 amide bonds. The summed E-state index contributed by atoms with van der Waals surface area (Å²) in [5.74, 6) is -2.36. The van der Waals surface area contributed by atoms with E-state index in [4.69, 9.17) is 15.7 Å². The second-order valence-electron chi connectivity index (χ2n) is 2.87. The lowest BCUT2D eigenvalue weighted by Gasteiger charge is -2.04. The van der Waals surface area contributed by atoms with Crippen LogP contribution in [-0.4, -0.2) is 22.2 Å². The first kappa shape index (κ1) is 11.5. The summed E-state index contributed by atoms with van der Waals surface area (Å²) in [5, 5.41) is 20.7. The second kappa shape index (κ2) is 4.81. The Labute approximate surface area is 89.6 Å². The van der Waals surface area contributed by atoms with E-state index in [1.807, 2.05) is 0 Å². The van der Waals surface area contributed by atoms with Gasteiger partial charge in [0, 0.05) is 4.91 Å². The van der Waals surface area contributed by atoms with Gasteiger partial charge >= 0.3 is 11.9 Å². The van der Waals surface area contributed by atoms with Crippen molar-refractivity contribution in [1.29, 1.82) is 0 Å². The summed E-state index contributed by atoms with van der Waals surface area (Å²) < 4.78 is 0. The van der Waals surface area contributed by atoms with E-state index in [0.29, 0.717) is 0 Å². The number of carbonyl (C=O) groups is 2. The minimum Gasteiger partial charge on any atom is -0.478 e. The minimum absolute atomic E-state index is 0.0480. The summed E-state index contributed by atoms with van der Waals surface area (Å²) >= 11 is 0. The van der Waals surface area contributed by atoms with Gasteiger partial charge in [-0.25, -0.2) is 9.59 Å². The van der Waals surface area contributed by atoms with Crippen molar-refractivity contribution in [2.45, 2.75) is 6.54 Å². The van der Waals surface area contributed by atoms with Crippen molar-refractivity contribution >= 4 is 11.9 Å². The van der Waals surface area contributed by atoms with E-state index < -0.39 is 11.9 Å². The molecule has 1 aromatic rings. The smallest absolute Gasteiger partial charge is 0.335 e. The van der Waals surface area contributed by atoms with E-state index in [2.05, 4.69) is 10.0 Å². The molecule has 0 aliphatic rings. The number of nitrogens with zero attached hydrogens (tertiary/aromatic N) is 3. The van der Waals surface area contributed by atoms with E-state index in [1.165, 1.54) is 18.2 Å². The quantitative estimate of drug-likeness (QED) is 0.457. The van der Waals surface area contributed by atoms with Gasteiger partial charge in [0.05, 0.1) is 17.7 Å². The molecule has 82 valence electrons. The lowest BCUT2D eigenvalue weighted by molar-refractivity contribution is 0.0680. The van der Waals surface area contributed by atoms with E-state index in [0.717, 1.165) is 0 Å². The third-order valence-corrected chi connectivity index (χ3v) is 1.89. The fourth-order valence-corrected chi connectivity index (χ4v) is 1.17. The van der Waals surface area contributed by atoms with Crippen LogP contribution in [0.1, 0.15) is 26.3 Å². The van der Waals surface area contributed by atoms with Crippen LogP contribution in [-0.2, 0) is 6.54 Å². The number of benzene rings is 1. The maximum atomic E-state index is 10.8. The maximum absolute atomic E-state index is 10.8. The zero-order chi connectivity index (χ0) is 12.1. The van der Waals surface area contributed by atoms with E-state index in [9.17, 15) is 9.59 Å². The summed E-state index contributed by atoms with van der Waals surface area (Å²) in [7, 11) is 0. The van der Waals surface area contributed by atoms with Crippen LogP contribution < -0.4 is 0 Å². The number of azide groups is 1. The predicted molar refractivity (Wildman–Crippen MR) is 53.2 cm³/mol. The molecule has 0 aliphatic carbocycles. The van der Waals surface area contributed by atoms with Crippen LogP contribution in [0.25, 0.3) is 10.4 Å². The zero-order valence-electron chi connectivity index (χ0n) is 7.99. The Bertz CT molecular complexity index is 492. The Balaban J connectivity index is 3.25. The summed E-state index contributed by atoms with van der Waals surface area (Å²) in [6, 6.07) is 3.54. The maximum Gasteiger partial charge on any atom is 0.335 e. The summed E-state index contributed by atoms with van der Waals surface area (Å²) in [6.45, 7) is -0.195. The molecular weight excluding hydrogens is 214 g/mol. The van der Waals surface area contributed by atoms with Crippen molar-refractivity contribution in [3.63, 3.8) is 0 Å². The standard InChI is InChI=1S/C9H7N3O4/c10-12-11-4-6-3-5(8(13)14)1-2-7(6)9(15)16/h1-3H,4H2,(H,13,14)(H,15,16). The van der Waals surface area contributed by atoms with Crippen molar-refractivity contribution in [2.24, 2.45) is 5.11 Å². The molecule has 0 spiro atoms. The Hall–Kier alpha value is -2.53. The number of aromatic carboxylic acids is 2. The molecule has 0 unspecified atom stereocenters. The minimum atomic E-state index is -1.19. The highest BCUT2D eigenvalue weighted by atomic mass is 16.4. The number of hydrogen-bond donors (Lipinski definition) is 2. The molecule has 0 heterocycles. The van der Waals surface area contributed by atoms with Crippen LogP contribution >= 0.6 is 0 Å². The highest BCUT2D eigenvalue weighted by Crippen LogP contribution is 2.14. The first-order chi connectivity index (χ1) is 7.56. The first-order valence-electron chi connectivity index (χ1n) is 4.16. The van der Waals surface area contributed by atoms with E-state index >= 15 is 0 Å². The van der Waals surface area contributed by atoms with Crippen molar-refractivity contribution in [3.05, 3.63) is 45.3 Å². The molecule has 0 aromatic heterocycles. The molecule has 1 aromatic carbocycles. The molecule has 0 saturated carbocycles. The van der Waals surface area contributed by atoms with Crippen molar-refractivity contribution < 1.29 is 19.8 Å². The van der Waals surface area contributed by atoms with E-state index in [1.54, 1.807) is 0 Å². The molecule has 0 aliphatic heterocycles. The Morgan fingerprint density at radius 1 is 1.31 bits per heavy atom. The average Bonchev–Trinajstić information content (AvgIpc) is 2.25. The summed E-state index contributed by atoms with van der Waals surface area (Å²) in [4.78, 5) is 23.9. The van der Waals surface area contributed by atoms with Gasteiger partial charge in [-0.05, 0) is 29.3 Å². The van der Waals surface area contributed by atoms with Gasteiger partial charge in [-0.15, -0.1) is 0 Å². The third kappa shape index (κ3) is 2.49. The van der Waals surface area contributed by atoms with Gasteiger partial charge in [0.2, 0.25) is 0 Å². The van der Waals surface area contributed by atoms with Crippen LogP contribution in [0, 0.1) is 0 Å². The predicted octanol–water partition coefficient (Wildman–Crippen LogP) is 1.89. The fraction of sp³-hybridized carbons (Fsp3) is 0.111. The number of carboxylic acids is 2. The van der Waals surface area contributed by atoms with Gasteiger partial charge in [0.25, 0.3) is 0 Å². The van der Waals surface area contributed by atoms with Crippen LogP contribution in [0.5, 0.6) is 0 Å². The van der Waals surface area contributed by atoms with Crippen LogP contribution in [0.4, 0.5) is 0 Å². The van der Waals surface area contributed by atoms with Gasteiger partial charge in [-0.2, -0.15) is 0 Å². The molecule has 1 rings (SSSR count). The van der Waals surface area contributed by atoms with Crippen molar-refractivity contribution in [2.75, 3.05) is 0 Å². The molecule has 0 radical (unpaired) electrons. The molecule has 16 heavy (non-hydrogen) atoms. The SMILES string of the molecule is [N-]=[N+]=NCc1cc(C(=O)O)ccc1C(=O)O. The Kier molecular flexibility index (Phi) is 3.47. The third-order valence-electron chi connectivity index (χ3n) is 1.89. The molecular formula is C9H7N3O4. The molecule has 7 nitrogen and oxygen atoms in total. The Morgan fingerprint density at radius 3 is 2.50 bits per heavy atom. The number of rotatable bonds is 4. The summed E-state index contributed by atoms with van der Waals surface area (Å²) in [5.41, 5.74) is 8.18. The average molecular weight is 221 g/mol. The van der Waals surface area contributed by atoms with Crippen LogP contribution in [0.2, 0.25) is 0 Å². The molecule has 0 bridgehead atoms. The zero-order valence-corrected chi connectivity index (χ0v) is 7.99. The largest absolute Gasteiger partial charge is 0.478 e. The van der Waals surface area contributed by atoms with E-state index in [-0.39, 0.29) is 23.2 Å². The van der Waals surface area contributed by atoms with Gasteiger partial charge in [-0.3, -0.25) is 0 Å². The van der Waals surface area contributed by atoms with Gasteiger partial charge in [0.1, 0.15) is 0 Å². The highest BCUT2D eigenvalue weighted by Gasteiger charge is 2.12.